The van der Waals surface area contributed by atoms with Crippen LogP contribution in [0.5, 0.6) is 0 Å². The molecular formula is C28H50N2O4S. The van der Waals surface area contributed by atoms with Gasteiger partial charge in [0.1, 0.15) is 16.7 Å². The third-order valence-electron chi connectivity index (χ3n) is 6.59. The summed E-state index contributed by atoms with van der Waals surface area (Å²) >= 11 is 0. The lowest BCUT2D eigenvalue weighted by Crippen LogP contribution is -2.41. The molecule has 0 spiro atoms. The minimum Gasteiger partial charge on any atom is -0.744 e. The number of carbonyl (C=O) groups excluding carboxylic acids is 1. The molecule has 0 heterocycles. The summed E-state index contributed by atoms with van der Waals surface area (Å²) in [5, 5.41) is 3.04. The fourth-order valence-electron chi connectivity index (χ4n) is 4.46. The van der Waals surface area contributed by atoms with E-state index in [1.807, 2.05) is 0 Å². The Morgan fingerprint density at radius 1 is 0.800 bits per heavy atom. The maximum atomic E-state index is 12.1. The molecule has 0 aliphatic rings. The molecule has 1 aromatic carbocycles. The average molecular weight is 511 g/mol. The fourth-order valence-corrected chi connectivity index (χ4v) is 4.93. The second-order valence-electron chi connectivity index (χ2n) is 10.6. The standard InChI is InChI=1S/C28H50N2O4S/c1-4-5-6-7-8-9-10-11-12-13-14-15-16-18-28(31)29-23-17-24-30(2,3)25-26-19-21-27(22-20-26)35(32,33)34/h19-22H,4-18,23-25H2,1-3H3,(H-,29,31,32,33,34). The molecule has 1 rings (SSSR count). The maximum absolute atomic E-state index is 12.1. The van der Waals surface area contributed by atoms with Gasteiger partial charge in [-0.25, -0.2) is 8.42 Å². The number of amides is 1. The highest BCUT2D eigenvalue weighted by Crippen LogP contribution is 2.15. The number of unbranched alkanes of at least 4 members (excludes halogenated alkanes) is 12. The molecule has 0 bridgehead atoms. The third-order valence-corrected chi connectivity index (χ3v) is 7.44. The Kier molecular flexibility index (Phi) is 16.2. The Labute approximate surface area is 215 Å². The van der Waals surface area contributed by atoms with Crippen LogP contribution in [0, 0.1) is 0 Å². The van der Waals surface area contributed by atoms with Gasteiger partial charge < -0.3 is 14.4 Å². The first-order valence-electron chi connectivity index (χ1n) is 13.8. The highest BCUT2D eigenvalue weighted by Gasteiger charge is 2.16. The Morgan fingerprint density at radius 3 is 1.77 bits per heavy atom. The lowest BCUT2D eigenvalue weighted by molar-refractivity contribution is -0.903. The Balaban J connectivity index is 2.01. The summed E-state index contributed by atoms with van der Waals surface area (Å²) < 4.78 is 33.9. The van der Waals surface area contributed by atoms with E-state index in [2.05, 4.69) is 26.3 Å². The summed E-state index contributed by atoms with van der Waals surface area (Å²) in [6.45, 7) is 4.55. The normalized spacial score (nSPS) is 12.1. The van der Waals surface area contributed by atoms with E-state index in [1.54, 1.807) is 12.1 Å². The molecule has 0 aromatic heterocycles. The first-order valence-corrected chi connectivity index (χ1v) is 15.2. The lowest BCUT2D eigenvalue weighted by Gasteiger charge is -2.30. The smallest absolute Gasteiger partial charge is 0.219 e. The van der Waals surface area contributed by atoms with Crippen molar-refractivity contribution in [1.82, 2.24) is 5.32 Å². The van der Waals surface area contributed by atoms with Crippen LogP contribution < -0.4 is 5.32 Å². The van der Waals surface area contributed by atoms with Gasteiger partial charge in [0.25, 0.3) is 0 Å². The van der Waals surface area contributed by atoms with Gasteiger partial charge in [-0.3, -0.25) is 4.79 Å². The molecule has 6 nitrogen and oxygen atoms in total. The Morgan fingerprint density at radius 2 is 1.29 bits per heavy atom. The zero-order chi connectivity index (χ0) is 26.0. The molecule has 0 saturated heterocycles. The van der Waals surface area contributed by atoms with Crippen LogP contribution >= 0.6 is 0 Å². The number of rotatable bonds is 21. The molecule has 7 heteroatoms. The van der Waals surface area contributed by atoms with Crippen LogP contribution in [0.1, 0.15) is 109 Å². The van der Waals surface area contributed by atoms with Crippen molar-refractivity contribution in [3.8, 4) is 0 Å². The number of nitrogens with zero attached hydrogens (tertiary/aromatic N) is 1. The van der Waals surface area contributed by atoms with Gasteiger partial charge in [0.05, 0.1) is 25.5 Å². The maximum Gasteiger partial charge on any atom is 0.219 e. The van der Waals surface area contributed by atoms with Crippen LogP contribution in [-0.4, -0.2) is 50.5 Å². The number of hydrogen-bond donors (Lipinski definition) is 1. The van der Waals surface area contributed by atoms with Crippen LogP contribution in [0.3, 0.4) is 0 Å². The first-order chi connectivity index (χ1) is 16.6. The van der Waals surface area contributed by atoms with E-state index in [1.165, 1.54) is 82.8 Å². The van der Waals surface area contributed by atoms with E-state index in [-0.39, 0.29) is 10.8 Å². The summed E-state index contributed by atoms with van der Waals surface area (Å²) in [7, 11) is -0.194. The monoisotopic (exact) mass is 510 g/mol. The molecule has 0 fully saturated rings. The van der Waals surface area contributed by atoms with Crippen molar-refractivity contribution < 1.29 is 22.2 Å². The number of quaternary nitrogens is 1. The number of hydrogen-bond acceptors (Lipinski definition) is 4. The van der Waals surface area contributed by atoms with Crippen molar-refractivity contribution in [2.45, 2.75) is 115 Å². The van der Waals surface area contributed by atoms with E-state index >= 15 is 0 Å². The van der Waals surface area contributed by atoms with E-state index < -0.39 is 10.1 Å². The molecule has 202 valence electrons. The SMILES string of the molecule is CCCCCCCCCCCCCCCC(=O)NCCC[N+](C)(C)Cc1ccc(S(=O)(=O)[O-])cc1. The highest BCUT2D eigenvalue weighted by molar-refractivity contribution is 7.85. The van der Waals surface area contributed by atoms with Gasteiger partial charge in [-0.1, -0.05) is 96.1 Å². The van der Waals surface area contributed by atoms with Crippen molar-refractivity contribution in [1.29, 1.82) is 0 Å². The van der Waals surface area contributed by atoms with Gasteiger partial charge in [0.15, 0.2) is 0 Å². The van der Waals surface area contributed by atoms with E-state index in [9.17, 15) is 17.8 Å². The second kappa shape index (κ2) is 17.9. The van der Waals surface area contributed by atoms with Crippen molar-refractivity contribution >= 4 is 16.0 Å². The van der Waals surface area contributed by atoms with Crippen molar-refractivity contribution in [3.63, 3.8) is 0 Å². The molecule has 0 atom stereocenters. The van der Waals surface area contributed by atoms with Crippen LogP contribution in [0.25, 0.3) is 0 Å². The van der Waals surface area contributed by atoms with Crippen LogP contribution in [0.15, 0.2) is 29.2 Å². The number of nitrogens with one attached hydrogen (secondary N) is 1. The Hall–Kier alpha value is -1.44. The van der Waals surface area contributed by atoms with Gasteiger partial charge in [-0.2, -0.15) is 0 Å². The number of carbonyl (C=O) groups is 1. The predicted octanol–water partition coefficient (Wildman–Crippen LogP) is 6.15. The summed E-state index contributed by atoms with van der Waals surface area (Å²) in [5.74, 6) is 0.146. The second-order valence-corrected chi connectivity index (χ2v) is 12.0. The van der Waals surface area contributed by atoms with Crippen molar-refractivity contribution in [2.24, 2.45) is 0 Å². The quantitative estimate of drug-likeness (QED) is 0.122. The van der Waals surface area contributed by atoms with Crippen LogP contribution in [0.4, 0.5) is 0 Å². The molecule has 1 aromatic rings. The van der Waals surface area contributed by atoms with Crippen molar-refractivity contribution in [2.75, 3.05) is 27.2 Å². The summed E-state index contributed by atoms with van der Waals surface area (Å²) in [6.07, 6.45) is 18.5. The molecule has 0 unspecified atom stereocenters. The zero-order valence-corrected chi connectivity index (χ0v) is 23.3. The van der Waals surface area contributed by atoms with Gasteiger partial charge >= 0.3 is 0 Å². The molecule has 0 radical (unpaired) electrons. The average Bonchev–Trinajstić information content (AvgIpc) is 2.79. The summed E-state index contributed by atoms with van der Waals surface area (Å²) in [6, 6.07) is 6.13. The molecule has 0 aliphatic heterocycles. The Bertz CT molecular complexity index is 792. The van der Waals surface area contributed by atoms with Crippen molar-refractivity contribution in [3.05, 3.63) is 29.8 Å². The third kappa shape index (κ3) is 16.8. The molecule has 1 amide bonds. The largest absolute Gasteiger partial charge is 0.744 e. The summed E-state index contributed by atoms with van der Waals surface area (Å²) in [5.41, 5.74) is 0.980. The van der Waals surface area contributed by atoms with Gasteiger partial charge in [-0.15, -0.1) is 0 Å². The van der Waals surface area contributed by atoms with Gasteiger partial charge in [-0.05, 0) is 18.6 Å². The number of benzene rings is 1. The van der Waals surface area contributed by atoms with E-state index in [4.69, 9.17) is 0 Å². The lowest BCUT2D eigenvalue weighted by atomic mass is 10.0. The molecule has 1 N–H and O–H groups in total. The topological polar surface area (TPSA) is 86.3 Å². The molecule has 0 saturated carbocycles. The highest BCUT2D eigenvalue weighted by atomic mass is 32.2. The molecule has 0 aliphatic carbocycles. The molecule has 35 heavy (non-hydrogen) atoms. The van der Waals surface area contributed by atoms with Crippen LogP contribution in [0.2, 0.25) is 0 Å². The van der Waals surface area contributed by atoms with Gasteiger partial charge in [0.2, 0.25) is 5.91 Å². The minimum absolute atomic E-state index is 0.146. The fraction of sp³-hybridized carbons (Fsp3) is 0.750. The molecular weight excluding hydrogens is 460 g/mol. The predicted molar refractivity (Wildman–Crippen MR) is 143 cm³/mol. The zero-order valence-electron chi connectivity index (χ0n) is 22.5. The van der Waals surface area contributed by atoms with Gasteiger partial charge in [0, 0.05) is 24.9 Å². The summed E-state index contributed by atoms with van der Waals surface area (Å²) in [4.78, 5) is 11.9. The van der Waals surface area contributed by atoms with E-state index in [0.29, 0.717) is 13.0 Å². The first kappa shape index (κ1) is 31.6. The minimum atomic E-state index is -4.40. The van der Waals surface area contributed by atoms with E-state index in [0.717, 1.165) is 42.4 Å². The van der Waals surface area contributed by atoms with Crippen LogP contribution in [-0.2, 0) is 21.5 Å².